The van der Waals surface area contributed by atoms with Crippen LogP contribution in [-0.2, 0) is 0 Å². The van der Waals surface area contributed by atoms with E-state index in [1.807, 2.05) is 12.1 Å². The Morgan fingerprint density at radius 3 is 2.95 bits per heavy atom. The lowest BCUT2D eigenvalue weighted by molar-refractivity contribution is 0.102. The normalized spacial score (nSPS) is 10.8. The first-order chi connectivity index (χ1) is 9.15. The molecule has 0 saturated carbocycles. The molecule has 3 rings (SSSR count). The molecule has 0 bridgehead atoms. The maximum Gasteiger partial charge on any atom is 0.261 e. The van der Waals surface area contributed by atoms with Gasteiger partial charge in [-0.05, 0) is 32.0 Å². The summed E-state index contributed by atoms with van der Waals surface area (Å²) < 4.78 is 6.71. The maximum absolute atomic E-state index is 12.2. The molecule has 1 amide bonds. The van der Waals surface area contributed by atoms with Crippen LogP contribution >= 0.6 is 0 Å². The zero-order chi connectivity index (χ0) is 13.4. The topological polar surface area (TPSA) is 72.4 Å². The molecular weight excluding hydrogens is 244 g/mol. The monoisotopic (exact) mass is 256 g/mol. The van der Waals surface area contributed by atoms with Crippen LogP contribution in [-0.4, -0.2) is 20.7 Å². The van der Waals surface area contributed by atoms with Crippen molar-refractivity contribution in [3.63, 3.8) is 0 Å². The predicted octanol–water partition coefficient (Wildman–Crippen LogP) is 2.19. The summed E-state index contributed by atoms with van der Waals surface area (Å²) in [4.78, 5) is 12.2. The van der Waals surface area contributed by atoms with Crippen molar-refractivity contribution < 1.29 is 9.32 Å². The molecule has 19 heavy (non-hydrogen) atoms. The summed E-state index contributed by atoms with van der Waals surface area (Å²) in [5.41, 5.74) is 2.68. The second kappa shape index (κ2) is 4.24. The first-order valence-electron chi connectivity index (χ1n) is 5.83. The second-order valence-electron chi connectivity index (χ2n) is 4.27. The van der Waals surface area contributed by atoms with Crippen molar-refractivity contribution in [3.8, 4) is 0 Å². The molecule has 0 atom stereocenters. The van der Waals surface area contributed by atoms with Crippen LogP contribution in [0.25, 0.3) is 5.52 Å². The molecule has 0 aliphatic carbocycles. The third kappa shape index (κ3) is 1.97. The number of aromatic nitrogens is 3. The Morgan fingerprint density at radius 2 is 2.21 bits per heavy atom. The largest absolute Gasteiger partial charge is 0.361 e. The standard InChI is InChI=1S/C13H12N4O2/c1-8-12(9(2)19-16-8)13(18)15-10-4-6-17-11(7-10)3-5-14-17/h3-7H,1-2H3,(H,15,18). The average Bonchev–Trinajstić information content (AvgIpc) is 2.95. The number of nitrogens with zero attached hydrogens (tertiary/aromatic N) is 3. The average molecular weight is 256 g/mol. The summed E-state index contributed by atoms with van der Waals surface area (Å²) in [6, 6.07) is 5.50. The number of carbonyl (C=O) groups excluding carboxylic acids is 1. The van der Waals surface area contributed by atoms with E-state index in [0.29, 0.717) is 22.7 Å². The number of anilines is 1. The van der Waals surface area contributed by atoms with Gasteiger partial charge in [-0.2, -0.15) is 5.10 Å². The van der Waals surface area contributed by atoms with Crippen LogP contribution < -0.4 is 5.32 Å². The van der Waals surface area contributed by atoms with Crippen molar-refractivity contribution in [2.45, 2.75) is 13.8 Å². The fourth-order valence-corrected chi connectivity index (χ4v) is 2.00. The van der Waals surface area contributed by atoms with Gasteiger partial charge in [0.05, 0.1) is 11.2 Å². The quantitative estimate of drug-likeness (QED) is 0.762. The molecule has 3 aromatic heterocycles. The summed E-state index contributed by atoms with van der Waals surface area (Å²) in [6.07, 6.45) is 3.49. The van der Waals surface area contributed by atoms with E-state index < -0.39 is 0 Å². The molecule has 1 N–H and O–H groups in total. The molecule has 0 saturated heterocycles. The van der Waals surface area contributed by atoms with Gasteiger partial charge in [0.1, 0.15) is 11.3 Å². The van der Waals surface area contributed by atoms with Crippen LogP contribution in [0.3, 0.4) is 0 Å². The SMILES string of the molecule is Cc1noc(C)c1C(=O)Nc1ccn2nccc2c1. The second-order valence-corrected chi connectivity index (χ2v) is 4.27. The number of hydrogen-bond donors (Lipinski definition) is 1. The Morgan fingerprint density at radius 1 is 1.37 bits per heavy atom. The van der Waals surface area contributed by atoms with E-state index >= 15 is 0 Å². The molecule has 0 aliphatic heterocycles. The molecule has 3 heterocycles. The third-order valence-electron chi connectivity index (χ3n) is 2.92. The van der Waals surface area contributed by atoms with Gasteiger partial charge in [-0.3, -0.25) is 4.79 Å². The van der Waals surface area contributed by atoms with Crippen molar-refractivity contribution in [1.82, 2.24) is 14.8 Å². The van der Waals surface area contributed by atoms with E-state index in [4.69, 9.17) is 4.52 Å². The van der Waals surface area contributed by atoms with Gasteiger partial charge >= 0.3 is 0 Å². The lowest BCUT2D eigenvalue weighted by Crippen LogP contribution is -2.13. The highest BCUT2D eigenvalue weighted by molar-refractivity contribution is 6.05. The lowest BCUT2D eigenvalue weighted by Gasteiger charge is -2.05. The van der Waals surface area contributed by atoms with E-state index in [1.165, 1.54) is 0 Å². The smallest absolute Gasteiger partial charge is 0.261 e. The number of amides is 1. The lowest BCUT2D eigenvalue weighted by atomic mass is 10.2. The molecular formula is C13H12N4O2. The van der Waals surface area contributed by atoms with Gasteiger partial charge in [0.2, 0.25) is 0 Å². The number of aryl methyl sites for hydroxylation is 2. The van der Waals surface area contributed by atoms with Gasteiger partial charge < -0.3 is 9.84 Å². The van der Waals surface area contributed by atoms with E-state index in [9.17, 15) is 4.79 Å². The van der Waals surface area contributed by atoms with Crippen LogP contribution in [0.2, 0.25) is 0 Å². The first kappa shape index (κ1) is 11.5. The van der Waals surface area contributed by atoms with Crippen molar-refractivity contribution >= 4 is 17.1 Å². The fraction of sp³-hybridized carbons (Fsp3) is 0.154. The molecule has 3 aromatic rings. The predicted molar refractivity (Wildman–Crippen MR) is 69.1 cm³/mol. The van der Waals surface area contributed by atoms with Crippen molar-refractivity contribution in [1.29, 1.82) is 0 Å². The Kier molecular flexibility index (Phi) is 2.56. The molecule has 96 valence electrons. The third-order valence-corrected chi connectivity index (χ3v) is 2.92. The highest BCUT2D eigenvalue weighted by atomic mass is 16.5. The number of hydrogen-bond acceptors (Lipinski definition) is 4. The van der Waals surface area contributed by atoms with E-state index in [2.05, 4.69) is 15.6 Å². The molecule has 0 fully saturated rings. The van der Waals surface area contributed by atoms with E-state index in [1.54, 1.807) is 36.8 Å². The van der Waals surface area contributed by atoms with Crippen LogP contribution in [0.5, 0.6) is 0 Å². The molecule has 0 radical (unpaired) electrons. The number of carbonyl (C=O) groups is 1. The van der Waals surface area contributed by atoms with Gasteiger partial charge in [0, 0.05) is 18.1 Å². The molecule has 0 aromatic carbocycles. The van der Waals surface area contributed by atoms with Gasteiger partial charge in [-0.1, -0.05) is 5.16 Å². The molecule has 0 unspecified atom stereocenters. The maximum atomic E-state index is 12.2. The van der Waals surface area contributed by atoms with Crippen LogP contribution in [0, 0.1) is 13.8 Å². The number of pyridine rings is 1. The summed E-state index contributed by atoms with van der Waals surface area (Å²) in [5.74, 6) is 0.292. The minimum absolute atomic E-state index is 0.222. The molecule has 0 aliphatic rings. The van der Waals surface area contributed by atoms with Crippen molar-refractivity contribution in [2.24, 2.45) is 0 Å². The number of fused-ring (bicyclic) bond motifs is 1. The van der Waals surface area contributed by atoms with Crippen LogP contribution in [0.4, 0.5) is 5.69 Å². The van der Waals surface area contributed by atoms with E-state index in [0.717, 1.165) is 5.52 Å². The molecule has 6 nitrogen and oxygen atoms in total. The summed E-state index contributed by atoms with van der Waals surface area (Å²) in [5, 5.41) is 10.7. The zero-order valence-electron chi connectivity index (χ0n) is 10.5. The Labute approximate surface area is 109 Å². The van der Waals surface area contributed by atoms with Crippen LogP contribution in [0.1, 0.15) is 21.8 Å². The highest BCUT2D eigenvalue weighted by Crippen LogP contribution is 2.16. The Hall–Kier alpha value is -2.63. The fourth-order valence-electron chi connectivity index (χ4n) is 2.00. The first-order valence-corrected chi connectivity index (χ1v) is 5.83. The summed E-state index contributed by atoms with van der Waals surface area (Å²) in [7, 11) is 0. The van der Waals surface area contributed by atoms with Gasteiger partial charge in [-0.25, -0.2) is 4.52 Å². The van der Waals surface area contributed by atoms with Gasteiger partial charge in [0.25, 0.3) is 5.91 Å². The number of rotatable bonds is 2. The minimum atomic E-state index is -0.222. The Balaban J connectivity index is 1.90. The van der Waals surface area contributed by atoms with E-state index in [-0.39, 0.29) is 5.91 Å². The minimum Gasteiger partial charge on any atom is -0.361 e. The van der Waals surface area contributed by atoms with Crippen molar-refractivity contribution in [3.05, 3.63) is 47.6 Å². The molecule has 0 spiro atoms. The van der Waals surface area contributed by atoms with Gasteiger partial charge in [-0.15, -0.1) is 0 Å². The molecule has 6 heteroatoms. The zero-order valence-corrected chi connectivity index (χ0v) is 10.5. The summed E-state index contributed by atoms with van der Waals surface area (Å²) in [6.45, 7) is 3.46. The highest BCUT2D eigenvalue weighted by Gasteiger charge is 2.17. The van der Waals surface area contributed by atoms with Crippen molar-refractivity contribution in [2.75, 3.05) is 5.32 Å². The van der Waals surface area contributed by atoms with Crippen LogP contribution in [0.15, 0.2) is 35.1 Å². The Bertz CT molecular complexity index is 737. The number of nitrogens with one attached hydrogen (secondary N) is 1. The van der Waals surface area contributed by atoms with Gasteiger partial charge in [0.15, 0.2) is 0 Å². The summed E-state index contributed by atoms with van der Waals surface area (Å²) >= 11 is 0.